The maximum Gasteiger partial charge on any atom is 0.404 e. The summed E-state index contributed by atoms with van der Waals surface area (Å²) >= 11 is 6.01. The van der Waals surface area contributed by atoms with Crippen LogP contribution in [-0.2, 0) is 13.1 Å². The molecule has 9 heteroatoms. The quantitative estimate of drug-likeness (QED) is 0.592. The number of fused-ring (bicyclic) bond motifs is 1. The topological polar surface area (TPSA) is 105 Å². The van der Waals surface area contributed by atoms with E-state index in [4.69, 9.17) is 16.7 Å². The fourth-order valence-electron chi connectivity index (χ4n) is 2.27. The van der Waals surface area contributed by atoms with Crippen LogP contribution in [0.3, 0.4) is 0 Å². The van der Waals surface area contributed by atoms with Gasteiger partial charge >= 0.3 is 6.09 Å². The number of halogens is 1. The number of imidazole rings is 1. The van der Waals surface area contributed by atoms with Gasteiger partial charge in [0.2, 0.25) is 5.28 Å². The van der Waals surface area contributed by atoms with Crippen LogP contribution in [0.2, 0.25) is 5.28 Å². The van der Waals surface area contributed by atoms with Crippen molar-refractivity contribution < 1.29 is 9.90 Å². The fourth-order valence-corrected chi connectivity index (χ4v) is 2.43. The van der Waals surface area contributed by atoms with E-state index in [2.05, 4.69) is 25.6 Å². The summed E-state index contributed by atoms with van der Waals surface area (Å²) < 4.78 is 1.73. The van der Waals surface area contributed by atoms with E-state index < -0.39 is 6.09 Å². The number of anilines is 1. The van der Waals surface area contributed by atoms with Gasteiger partial charge in [-0.2, -0.15) is 9.97 Å². The van der Waals surface area contributed by atoms with E-state index in [0.717, 1.165) is 5.56 Å². The number of nitrogens with zero attached hydrogens (tertiary/aromatic N) is 4. The Kier molecular flexibility index (Phi) is 4.76. The molecule has 8 nitrogen and oxygen atoms in total. The Hall–Kier alpha value is -2.87. The van der Waals surface area contributed by atoms with Crippen molar-refractivity contribution in [1.29, 1.82) is 0 Å². The molecule has 124 valence electrons. The molecule has 2 aromatic heterocycles. The van der Waals surface area contributed by atoms with Crippen molar-refractivity contribution >= 4 is 34.7 Å². The Bertz CT molecular complexity index is 852. The number of aromatic nitrogens is 4. The third kappa shape index (κ3) is 3.72. The van der Waals surface area contributed by atoms with E-state index in [9.17, 15) is 4.79 Å². The first-order valence-corrected chi connectivity index (χ1v) is 7.64. The van der Waals surface area contributed by atoms with Crippen LogP contribution in [0, 0.1) is 0 Å². The van der Waals surface area contributed by atoms with Crippen molar-refractivity contribution in [2.45, 2.75) is 13.1 Å². The molecule has 0 saturated heterocycles. The highest BCUT2D eigenvalue weighted by atomic mass is 35.5. The predicted octanol–water partition coefficient (Wildman–Crippen LogP) is 2.36. The van der Waals surface area contributed by atoms with Gasteiger partial charge in [-0.05, 0) is 17.2 Å². The Morgan fingerprint density at radius 3 is 2.79 bits per heavy atom. The molecular weight excluding hydrogens is 332 g/mol. The lowest BCUT2D eigenvalue weighted by Gasteiger charge is -2.08. The summed E-state index contributed by atoms with van der Waals surface area (Å²) in [5, 5.41) is 14.2. The van der Waals surface area contributed by atoms with Gasteiger partial charge in [-0.25, -0.2) is 9.78 Å². The smallest absolute Gasteiger partial charge is 0.404 e. The number of nitrogens with one attached hydrogen (secondary N) is 2. The molecule has 0 atom stereocenters. The largest absolute Gasteiger partial charge is 0.465 e. The van der Waals surface area contributed by atoms with Crippen LogP contribution in [-0.4, -0.2) is 37.3 Å². The first kappa shape index (κ1) is 16.0. The van der Waals surface area contributed by atoms with Gasteiger partial charge in [-0.15, -0.1) is 0 Å². The number of benzene rings is 1. The molecule has 0 radical (unpaired) electrons. The van der Waals surface area contributed by atoms with Crippen LogP contribution in [0.5, 0.6) is 0 Å². The predicted molar refractivity (Wildman–Crippen MR) is 90.1 cm³/mol. The van der Waals surface area contributed by atoms with Crippen LogP contribution in [0.1, 0.15) is 5.56 Å². The van der Waals surface area contributed by atoms with E-state index in [0.29, 0.717) is 30.1 Å². The lowest BCUT2D eigenvalue weighted by Crippen LogP contribution is -2.25. The second-order valence-corrected chi connectivity index (χ2v) is 5.36. The molecule has 24 heavy (non-hydrogen) atoms. The Morgan fingerprint density at radius 1 is 1.25 bits per heavy atom. The summed E-state index contributed by atoms with van der Waals surface area (Å²) in [4.78, 5) is 23.2. The summed E-state index contributed by atoms with van der Waals surface area (Å²) in [6, 6.07) is 9.88. The standard InChI is InChI=1S/C15H15ClN6O2/c16-14-20-12(18-8-10-4-2-1-3-5-10)11-13(21-14)22(9-19-11)7-6-17-15(23)24/h1-5,9,17H,6-8H2,(H,23,24)(H,18,20,21). The number of hydrogen-bond acceptors (Lipinski definition) is 5. The Balaban J connectivity index is 1.80. The fraction of sp³-hybridized carbons (Fsp3) is 0.200. The summed E-state index contributed by atoms with van der Waals surface area (Å²) in [7, 11) is 0. The molecule has 0 aliphatic rings. The molecule has 3 rings (SSSR count). The average Bonchev–Trinajstić information content (AvgIpc) is 2.96. The molecule has 0 aliphatic heterocycles. The second kappa shape index (κ2) is 7.14. The molecule has 3 N–H and O–H groups in total. The first-order chi connectivity index (χ1) is 11.6. The van der Waals surface area contributed by atoms with Crippen molar-refractivity contribution in [2.24, 2.45) is 0 Å². The van der Waals surface area contributed by atoms with Crippen LogP contribution >= 0.6 is 11.6 Å². The highest BCUT2D eigenvalue weighted by molar-refractivity contribution is 6.28. The number of amides is 1. The number of carboxylic acid groups (broad SMARTS) is 1. The van der Waals surface area contributed by atoms with Crippen LogP contribution < -0.4 is 10.6 Å². The third-order valence-electron chi connectivity index (χ3n) is 3.37. The van der Waals surface area contributed by atoms with Crippen molar-refractivity contribution in [2.75, 3.05) is 11.9 Å². The molecule has 0 saturated carbocycles. The van der Waals surface area contributed by atoms with E-state index in [-0.39, 0.29) is 11.8 Å². The molecule has 1 aromatic carbocycles. The van der Waals surface area contributed by atoms with E-state index >= 15 is 0 Å². The summed E-state index contributed by atoms with van der Waals surface area (Å²) in [5.74, 6) is 0.541. The van der Waals surface area contributed by atoms with Crippen molar-refractivity contribution in [3.8, 4) is 0 Å². The SMILES string of the molecule is O=C(O)NCCn1cnc2c(NCc3ccccc3)nc(Cl)nc21. The molecule has 3 aromatic rings. The summed E-state index contributed by atoms with van der Waals surface area (Å²) in [6.07, 6.45) is 0.518. The van der Waals surface area contributed by atoms with E-state index in [1.807, 2.05) is 30.3 Å². The Labute approximate surface area is 142 Å². The van der Waals surface area contributed by atoms with Gasteiger partial charge in [0.15, 0.2) is 17.0 Å². The minimum absolute atomic E-state index is 0.103. The zero-order valence-corrected chi connectivity index (χ0v) is 13.4. The van der Waals surface area contributed by atoms with Crippen LogP contribution in [0.25, 0.3) is 11.2 Å². The molecule has 0 fully saturated rings. The van der Waals surface area contributed by atoms with Crippen molar-refractivity contribution in [3.63, 3.8) is 0 Å². The molecule has 0 aliphatic carbocycles. The van der Waals surface area contributed by atoms with E-state index in [1.165, 1.54) is 0 Å². The summed E-state index contributed by atoms with van der Waals surface area (Å²) in [5.41, 5.74) is 2.24. The molecular formula is C15H15ClN6O2. The lowest BCUT2D eigenvalue weighted by atomic mass is 10.2. The van der Waals surface area contributed by atoms with Crippen molar-refractivity contribution in [3.05, 3.63) is 47.5 Å². The molecule has 0 spiro atoms. The maximum atomic E-state index is 10.5. The molecule has 2 heterocycles. The van der Waals surface area contributed by atoms with Crippen LogP contribution in [0.15, 0.2) is 36.7 Å². The molecule has 0 unspecified atom stereocenters. The van der Waals surface area contributed by atoms with Gasteiger partial charge in [0, 0.05) is 19.6 Å². The van der Waals surface area contributed by atoms with Crippen molar-refractivity contribution in [1.82, 2.24) is 24.8 Å². The third-order valence-corrected chi connectivity index (χ3v) is 3.54. The van der Waals surface area contributed by atoms with Gasteiger partial charge < -0.3 is 20.3 Å². The maximum absolute atomic E-state index is 10.5. The number of rotatable bonds is 6. The lowest BCUT2D eigenvalue weighted by molar-refractivity contribution is 0.194. The number of carbonyl (C=O) groups is 1. The normalized spacial score (nSPS) is 10.7. The van der Waals surface area contributed by atoms with Gasteiger partial charge in [0.05, 0.1) is 6.33 Å². The molecule has 0 bridgehead atoms. The minimum atomic E-state index is -1.07. The average molecular weight is 347 g/mol. The minimum Gasteiger partial charge on any atom is -0.465 e. The molecule has 1 amide bonds. The zero-order chi connectivity index (χ0) is 16.9. The zero-order valence-electron chi connectivity index (χ0n) is 12.6. The van der Waals surface area contributed by atoms with Gasteiger partial charge in [0.1, 0.15) is 0 Å². The first-order valence-electron chi connectivity index (χ1n) is 7.26. The van der Waals surface area contributed by atoms with Gasteiger partial charge in [-0.1, -0.05) is 30.3 Å². The highest BCUT2D eigenvalue weighted by Gasteiger charge is 2.12. The van der Waals surface area contributed by atoms with Gasteiger partial charge in [0.25, 0.3) is 0 Å². The van der Waals surface area contributed by atoms with Crippen LogP contribution in [0.4, 0.5) is 10.6 Å². The number of hydrogen-bond donors (Lipinski definition) is 3. The highest BCUT2D eigenvalue weighted by Crippen LogP contribution is 2.21. The van der Waals surface area contributed by atoms with E-state index in [1.54, 1.807) is 10.9 Å². The monoisotopic (exact) mass is 346 g/mol. The Morgan fingerprint density at radius 2 is 2.04 bits per heavy atom. The van der Waals surface area contributed by atoms with Gasteiger partial charge in [-0.3, -0.25) is 0 Å². The second-order valence-electron chi connectivity index (χ2n) is 5.02. The summed E-state index contributed by atoms with van der Waals surface area (Å²) in [6.45, 7) is 1.22.